The van der Waals surface area contributed by atoms with E-state index < -0.39 is 0 Å². The molecule has 3 aliphatic rings. The molecular weight excluding hydrogens is 821 g/mol. The highest BCUT2D eigenvalue weighted by molar-refractivity contribution is 5.88. The van der Waals surface area contributed by atoms with Crippen LogP contribution in [0.5, 0.6) is 0 Å². The van der Waals surface area contributed by atoms with Crippen LogP contribution in [0.1, 0.15) is 150 Å². The van der Waals surface area contributed by atoms with Crippen molar-refractivity contribution in [2.75, 3.05) is 14.1 Å². The molecule has 2 heteroatoms. The first-order chi connectivity index (χ1) is 33.3. The Kier molecular flexibility index (Phi) is 18.9. The topological polar surface area (TPSA) is 15.3 Å². The summed E-state index contributed by atoms with van der Waals surface area (Å²) in [5.41, 5.74) is 26.4. The summed E-state index contributed by atoms with van der Waals surface area (Å²) in [6.45, 7) is 31.4. The van der Waals surface area contributed by atoms with Crippen molar-refractivity contribution >= 4 is 23.8 Å². The molecule has 352 valence electrons. The van der Waals surface area contributed by atoms with Crippen molar-refractivity contribution in [1.82, 2.24) is 10.4 Å². The molecular formula is C66H78N2. The Hall–Kier alpha value is -6.48. The predicted molar refractivity (Wildman–Crippen MR) is 302 cm³/mol. The van der Waals surface area contributed by atoms with Gasteiger partial charge in [-0.1, -0.05) is 219 Å². The predicted octanol–water partition coefficient (Wildman–Crippen LogP) is 18.2. The minimum absolute atomic E-state index is 0.0848. The van der Waals surface area contributed by atoms with Crippen molar-refractivity contribution in [2.45, 2.75) is 106 Å². The van der Waals surface area contributed by atoms with Crippen LogP contribution in [0.4, 0.5) is 0 Å². The maximum Gasteiger partial charge on any atom is 0.0551 e. The molecule has 0 radical (unpaired) electrons. The van der Waals surface area contributed by atoms with Gasteiger partial charge in [-0.3, -0.25) is 0 Å². The van der Waals surface area contributed by atoms with Gasteiger partial charge in [0.05, 0.1) is 5.70 Å². The van der Waals surface area contributed by atoms with Crippen molar-refractivity contribution < 1.29 is 0 Å². The zero-order valence-electron chi connectivity index (χ0n) is 43.6. The average Bonchev–Trinajstić information content (AvgIpc) is 3.61. The molecule has 0 bridgehead atoms. The summed E-state index contributed by atoms with van der Waals surface area (Å²) in [7, 11) is 4.03. The monoisotopic (exact) mass is 899 g/mol. The van der Waals surface area contributed by atoms with Crippen LogP contribution >= 0.6 is 0 Å². The summed E-state index contributed by atoms with van der Waals surface area (Å²) < 4.78 is 0. The van der Waals surface area contributed by atoms with Gasteiger partial charge < -0.3 is 5.01 Å². The van der Waals surface area contributed by atoms with E-state index >= 15 is 0 Å². The number of hydrogen-bond acceptors (Lipinski definition) is 2. The highest BCUT2D eigenvalue weighted by Gasteiger charge is 2.66. The molecule has 0 heterocycles. The molecule has 3 aliphatic carbocycles. The summed E-state index contributed by atoms with van der Waals surface area (Å²) in [5, 5.41) is 2.07. The van der Waals surface area contributed by atoms with Gasteiger partial charge in [0.15, 0.2) is 0 Å². The van der Waals surface area contributed by atoms with Gasteiger partial charge in [0, 0.05) is 31.3 Å². The molecule has 0 aliphatic heterocycles. The van der Waals surface area contributed by atoms with Crippen molar-refractivity contribution in [3.8, 4) is 11.1 Å². The Balaban J connectivity index is 0.00000139. The molecule has 0 aromatic heterocycles. The summed E-state index contributed by atoms with van der Waals surface area (Å²) in [5.74, 6) is 0.181. The molecule has 5 aromatic rings. The van der Waals surface area contributed by atoms with Crippen molar-refractivity contribution in [1.29, 1.82) is 0 Å². The number of nitrogens with zero attached hydrogens (tertiary/aromatic N) is 1. The van der Waals surface area contributed by atoms with Crippen LogP contribution in [-0.2, 0) is 5.41 Å². The maximum absolute atomic E-state index is 4.34. The highest BCUT2D eigenvalue weighted by atomic mass is 15.5. The molecule has 8 rings (SSSR count). The molecule has 0 saturated heterocycles. The quantitative estimate of drug-likeness (QED) is 0.0832. The van der Waals surface area contributed by atoms with Crippen LogP contribution < -0.4 is 5.43 Å². The summed E-state index contributed by atoms with van der Waals surface area (Å²) >= 11 is 0. The first-order valence-electron chi connectivity index (χ1n) is 25.3. The molecule has 68 heavy (non-hydrogen) atoms. The van der Waals surface area contributed by atoms with Crippen LogP contribution in [0.3, 0.4) is 0 Å². The second kappa shape index (κ2) is 24.5. The van der Waals surface area contributed by atoms with E-state index in [0.717, 1.165) is 24.1 Å². The van der Waals surface area contributed by atoms with E-state index in [9.17, 15) is 0 Å². The zero-order chi connectivity index (χ0) is 49.5. The van der Waals surface area contributed by atoms with Gasteiger partial charge in [-0.25, -0.2) is 5.43 Å². The fourth-order valence-corrected chi connectivity index (χ4v) is 10.6. The normalized spacial score (nSPS) is 17.4. The molecule has 1 saturated carbocycles. The largest absolute Gasteiger partial charge is 0.311 e. The van der Waals surface area contributed by atoms with Crippen molar-refractivity contribution in [3.63, 3.8) is 0 Å². The molecule has 3 unspecified atom stereocenters. The van der Waals surface area contributed by atoms with Crippen LogP contribution in [-0.4, -0.2) is 19.1 Å². The van der Waals surface area contributed by atoms with Gasteiger partial charge in [-0.05, 0) is 147 Å². The standard InChI is InChI=1S/C60H60N2.3C2H6/c1-10-22-51-41(12-3)25-20-32-52(51)43-27-18-29-46(36-43)58(53(23-11-2)57(15-6)62(9)61-8)47-35-34-45-39-56-59(54(45)38-47)60(56,55-33-21-26-42(55)13-4)48-30-19-28-44(37-48)49(14-5)50-31-17-16-24-40(50)7;3*1-2/h10-12,14-32,34-39,58-59,61H,3,6,13,33H2,1-2,4-5,7-9H3;3*1-2H3/b22-10-,23-11-,49-14-,57-53-;;;. The third-order valence-corrected chi connectivity index (χ3v) is 13.5. The van der Waals surface area contributed by atoms with E-state index in [1.165, 1.54) is 83.5 Å². The molecule has 2 nitrogen and oxygen atoms in total. The number of fused-ring (bicyclic) bond motifs is 3. The second-order valence-corrected chi connectivity index (χ2v) is 16.7. The number of rotatable bonds is 15. The minimum Gasteiger partial charge on any atom is -0.311 e. The lowest BCUT2D eigenvalue weighted by Crippen LogP contribution is -2.30. The smallest absolute Gasteiger partial charge is 0.0551 e. The lowest BCUT2D eigenvalue weighted by Gasteiger charge is -2.29. The third-order valence-electron chi connectivity index (χ3n) is 13.5. The lowest BCUT2D eigenvalue weighted by molar-refractivity contribution is 0.339. The van der Waals surface area contributed by atoms with Crippen molar-refractivity contribution in [2.24, 2.45) is 0 Å². The fraction of sp³-hybridized carbons (Fsp3) is 0.273. The average molecular weight is 899 g/mol. The molecule has 1 fully saturated rings. The van der Waals surface area contributed by atoms with Gasteiger partial charge in [0.2, 0.25) is 0 Å². The van der Waals surface area contributed by atoms with Crippen LogP contribution in [0.25, 0.3) is 34.9 Å². The first kappa shape index (κ1) is 52.5. The van der Waals surface area contributed by atoms with Gasteiger partial charge in [-0.2, -0.15) is 0 Å². The number of allylic oxidation sites excluding steroid dienone is 11. The fourth-order valence-electron chi connectivity index (χ4n) is 10.6. The van der Waals surface area contributed by atoms with E-state index in [-0.39, 0.29) is 17.3 Å². The van der Waals surface area contributed by atoms with Gasteiger partial charge in [0.25, 0.3) is 0 Å². The number of hydrazine groups is 1. The Bertz CT molecular complexity index is 2790. The van der Waals surface area contributed by atoms with Gasteiger partial charge >= 0.3 is 0 Å². The molecule has 1 N–H and O–H groups in total. The number of nitrogens with one attached hydrogen (secondary N) is 1. The SMILES string of the molecule is C=C/C(=C(\C=C/C)C(c1cccc(-c2cccc(C=C)c2/C=C\C)c1)c1ccc2c(c1)C1C(=C2)C1(C1=C(CC)C=CC1)c1cccc(/C(=C/C)c2ccccc2C)c1)N(C)NC.CC.CC.CC. The Labute approximate surface area is 412 Å². The molecule has 3 atom stereocenters. The van der Waals surface area contributed by atoms with Crippen LogP contribution in [0.2, 0.25) is 0 Å². The maximum atomic E-state index is 4.34. The van der Waals surface area contributed by atoms with E-state index in [0.29, 0.717) is 0 Å². The van der Waals surface area contributed by atoms with E-state index in [2.05, 4.69) is 223 Å². The number of hydrogen-bond donors (Lipinski definition) is 1. The summed E-state index contributed by atoms with van der Waals surface area (Å²) in [6.07, 6.45) is 24.2. The number of benzene rings is 5. The van der Waals surface area contributed by atoms with E-state index in [4.69, 9.17) is 0 Å². The molecule has 0 spiro atoms. The third kappa shape index (κ3) is 9.90. The highest BCUT2D eigenvalue weighted by Crippen LogP contribution is 2.74. The Morgan fingerprint density at radius 1 is 0.824 bits per heavy atom. The minimum atomic E-state index is -0.184. The Morgan fingerprint density at radius 2 is 1.54 bits per heavy atom. The lowest BCUT2D eigenvalue weighted by atomic mass is 9.76. The molecule has 5 aromatic carbocycles. The summed E-state index contributed by atoms with van der Waals surface area (Å²) in [4.78, 5) is 0. The van der Waals surface area contributed by atoms with Gasteiger partial charge in [0.1, 0.15) is 0 Å². The Morgan fingerprint density at radius 3 is 2.21 bits per heavy atom. The van der Waals surface area contributed by atoms with E-state index in [1.807, 2.05) is 60.7 Å². The summed E-state index contributed by atoms with van der Waals surface area (Å²) in [6, 6.07) is 41.1. The van der Waals surface area contributed by atoms with Crippen LogP contribution in [0.15, 0.2) is 193 Å². The number of aryl methyl sites for hydroxylation is 1. The second-order valence-electron chi connectivity index (χ2n) is 16.7. The number of likely N-dealkylation sites (N-methyl/N-ethyl adjacent to an activating group) is 1. The molecule has 0 amide bonds. The van der Waals surface area contributed by atoms with E-state index in [1.54, 1.807) is 5.57 Å². The van der Waals surface area contributed by atoms with Gasteiger partial charge in [-0.15, -0.1) is 0 Å². The first-order valence-corrected chi connectivity index (χ1v) is 25.3. The van der Waals surface area contributed by atoms with Crippen LogP contribution in [0, 0.1) is 6.92 Å². The zero-order valence-corrected chi connectivity index (χ0v) is 43.6. The van der Waals surface area contributed by atoms with Crippen molar-refractivity contribution in [3.05, 3.63) is 249 Å².